The zero-order valence-electron chi connectivity index (χ0n) is 11.0. The van der Waals surface area contributed by atoms with Gasteiger partial charge in [-0.1, -0.05) is 11.6 Å². The van der Waals surface area contributed by atoms with E-state index in [9.17, 15) is 13.6 Å². The number of carbonyl (C=O) groups is 1. The number of carboxylic acids is 1. The normalized spacial score (nSPS) is 10.6. The van der Waals surface area contributed by atoms with Crippen LogP contribution < -0.4 is 10.5 Å². The first-order valence-corrected chi connectivity index (χ1v) is 6.86. The highest BCUT2D eigenvalue weighted by atomic mass is 79.9. The predicted molar refractivity (Wildman–Crippen MR) is 80.2 cm³/mol. The molecule has 0 unspecified atom stereocenters. The molecule has 0 aliphatic heterocycles. The third-order valence-electron chi connectivity index (χ3n) is 2.78. The zero-order chi connectivity index (χ0) is 16.6. The van der Waals surface area contributed by atoms with Crippen LogP contribution in [0.1, 0.15) is 10.5 Å². The van der Waals surface area contributed by atoms with Crippen LogP contribution in [0.3, 0.4) is 0 Å². The Balaban J connectivity index is 2.80. The smallest absolute Gasteiger partial charge is 0.356 e. The second kappa shape index (κ2) is 6.05. The van der Waals surface area contributed by atoms with E-state index in [1.54, 1.807) is 0 Å². The van der Waals surface area contributed by atoms with E-state index >= 15 is 0 Å². The first-order chi connectivity index (χ1) is 10.3. The summed E-state index contributed by atoms with van der Waals surface area (Å²) >= 11 is 8.69. The summed E-state index contributed by atoms with van der Waals surface area (Å²) < 4.78 is 33.4. The number of nitrogens with zero attached hydrogens (tertiary/aromatic N) is 1. The van der Waals surface area contributed by atoms with Gasteiger partial charge in [-0.15, -0.1) is 0 Å². The summed E-state index contributed by atoms with van der Waals surface area (Å²) in [7, 11) is 1.21. The number of hydrogen-bond acceptors (Lipinski definition) is 4. The number of anilines is 1. The van der Waals surface area contributed by atoms with E-state index in [2.05, 4.69) is 20.9 Å². The molecule has 1 heterocycles. The van der Waals surface area contributed by atoms with Crippen molar-refractivity contribution >= 4 is 39.2 Å². The van der Waals surface area contributed by atoms with Crippen LogP contribution in [0.4, 0.5) is 14.5 Å². The van der Waals surface area contributed by atoms with Crippen LogP contribution in [0.25, 0.3) is 11.3 Å². The Morgan fingerprint density at radius 1 is 1.45 bits per heavy atom. The molecular formula is C13H8BrClF2N2O3. The van der Waals surface area contributed by atoms with Crippen molar-refractivity contribution in [2.45, 2.75) is 0 Å². The average Bonchev–Trinajstić information content (AvgIpc) is 2.42. The molecule has 5 nitrogen and oxygen atoms in total. The van der Waals surface area contributed by atoms with Crippen molar-refractivity contribution in [3.05, 3.63) is 39.0 Å². The average molecular weight is 394 g/mol. The molecule has 0 saturated heterocycles. The molecule has 1 aromatic heterocycles. The highest BCUT2D eigenvalue weighted by molar-refractivity contribution is 9.10. The van der Waals surface area contributed by atoms with E-state index in [1.807, 2.05) is 0 Å². The quantitative estimate of drug-likeness (QED) is 0.830. The summed E-state index contributed by atoms with van der Waals surface area (Å²) in [6.45, 7) is 0. The Hall–Kier alpha value is -1.93. The van der Waals surface area contributed by atoms with Gasteiger partial charge in [-0.3, -0.25) is 0 Å². The van der Waals surface area contributed by atoms with E-state index in [1.165, 1.54) is 7.11 Å². The lowest BCUT2D eigenvalue weighted by atomic mass is 10.1. The fourth-order valence-corrected chi connectivity index (χ4v) is 2.53. The molecule has 9 heteroatoms. The molecule has 0 spiro atoms. The Kier molecular flexibility index (Phi) is 4.52. The molecule has 2 rings (SSSR count). The number of methoxy groups -OCH3 is 1. The van der Waals surface area contributed by atoms with E-state index in [4.69, 9.17) is 27.2 Å². The van der Waals surface area contributed by atoms with E-state index < -0.39 is 28.9 Å². The van der Waals surface area contributed by atoms with Gasteiger partial charge in [0.15, 0.2) is 17.3 Å². The summed E-state index contributed by atoms with van der Waals surface area (Å²) in [6.07, 6.45) is 0. The largest absolute Gasteiger partial charge is 0.492 e. The molecule has 0 fully saturated rings. The molecule has 0 aliphatic carbocycles. The number of rotatable bonds is 3. The van der Waals surface area contributed by atoms with E-state index in [0.717, 1.165) is 12.1 Å². The summed E-state index contributed by atoms with van der Waals surface area (Å²) in [5, 5.41) is 8.72. The highest BCUT2D eigenvalue weighted by Crippen LogP contribution is 2.38. The number of aromatic nitrogens is 1. The molecule has 22 heavy (non-hydrogen) atoms. The van der Waals surface area contributed by atoms with Crippen LogP contribution in [-0.4, -0.2) is 23.2 Å². The third-order valence-corrected chi connectivity index (χ3v) is 3.76. The summed E-state index contributed by atoms with van der Waals surface area (Å²) in [6, 6.07) is 2.06. The molecule has 0 aliphatic rings. The number of benzene rings is 1. The van der Waals surface area contributed by atoms with Crippen molar-refractivity contribution in [1.82, 2.24) is 4.98 Å². The van der Waals surface area contributed by atoms with Crippen molar-refractivity contribution in [2.24, 2.45) is 0 Å². The number of nitrogens with two attached hydrogens (primary N) is 1. The highest BCUT2D eigenvalue weighted by Gasteiger charge is 2.23. The molecule has 0 atom stereocenters. The lowest BCUT2D eigenvalue weighted by Crippen LogP contribution is -2.07. The number of nitrogen functional groups attached to an aromatic ring is 1. The zero-order valence-corrected chi connectivity index (χ0v) is 13.3. The van der Waals surface area contributed by atoms with Crippen molar-refractivity contribution in [1.29, 1.82) is 0 Å². The maximum atomic E-state index is 14.4. The Morgan fingerprint density at radius 3 is 2.64 bits per heavy atom. The molecule has 1 aromatic carbocycles. The molecule has 0 bridgehead atoms. The maximum absolute atomic E-state index is 14.4. The molecule has 3 N–H and O–H groups in total. The van der Waals surface area contributed by atoms with Crippen LogP contribution in [0, 0.1) is 11.6 Å². The second-order valence-corrected chi connectivity index (χ2v) is 5.36. The number of aromatic carboxylic acids is 1. The molecular weight excluding hydrogens is 386 g/mol. The van der Waals surface area contributed by atoms with Gasteiger partial charge in [0.1, 0.15) is 5.82 Å². The van der Waals surface area contributed by atoms with Crippen LogP contribution in [0.2, 0.25) is 5.02 Å². The minimum atomic E-state index is -1.47. The van der Waals surface area contributed by atoms with Gasteiger partial charge in [-0.05, 0) is 28.1 Å². The third kappa shape index (κ3) is 2.71. The fraction of sp³-hybridized carbons (Fsp3) is 0.0769. The monoisotopic (exact) mass is 392 g/mol. The molecule has 2 aromatic rings. The van der Waals surface area contributed by atoms with Gasteiger partial charge < -0.3 is 15.6 Å². The van der Waals surface area contributed by atoms with Gasteiger partial charge >= 0.3 is 5.97 Å². The molecule has 116 valence electrons. The van der Waals surface area contributed by atoms with Gasteiger partial charge in [0.2, 0.25) is 0 Å². The molecule has 0 radical (unpaired) electrons. The lowest BCUT2D eigenvalue weighted by molar-refractivity contribution is 0.0691. The minimum absolute atomic E-state index is 0.0640. The van der Waals surface area contributed by atoms with Crippen molar-refractivity contribution < 1.29 is 23.4 Å². The number of hydrogen-bond donors (Lipinski definition) is 2. The minimum Gasteiger partial charge on any atom is -0.492 e. The molecule has 0 saturated carbocycles. The number of pyridine rings is 1. The van der Waals surface area contributed by atoms with Gasteiger partial charge in [0.05, 0.1) is 33.5 Å². The number of ether oxygens (including phenoxy) is 1. The first kappa shape index (κ1) is 16.4. The lowest BCUT2D eigenvalue weighted by Gasteiger charge is -2.12. The number of halogens is 4. The van der Waals surface area contributed by atoms with Gasteiger partial charge in [-0.25, -0.2) is 18.6 Å². The van der Waals surface area contributed by atoms with Crippen molar-refractivity contribution in [2.75, 3.05) is 12.8 Å². The Bertz CT molecular complexity index is 787. The van der Waals surface area contributed by atoms with Crippen LogP contribution >= 0.6 is 27.5 Å². The summed E-state index contributed by atoms with van der Waals surface area (Å²) in [4.78, 5) is 14.7. The van der Waals surface area contributed by atoms with Crippen LogP contribution in [0.15, 0.2) is 16.6 Å². The van der Waals surface area contributed by atoms with Crippen molar-refractivity contribution in [3.63, 3.8) is 0 Å². The topological polar surface area (TPSA) is 85.4 Å². The summed E-state index contributed by atoms with van der Waals surface area (Å²) in [5.41, 5.74) is 3.95. The van der Waals surface area contributed by atoms with Crippen LogP contribution in [0.5, 0.6) is 5.75 Å². The van der Waals surface area contributed by atoms with Gasteiger partial charge in [0, 0.05) is 0 Å². The molecule has 0 amide bonds. The van der Waals surface area contributed by atoms with Crippen LogP contribution in [-0.2, 0) is 0 Å². The standard InChI is InChI=1S/C13H8BrClF2N2O3/c1-22-12-4(14)2-5(16)8(10(12)17)7-3-6(18)9(15)11(19-7)13(20)21/h2-3H,1H3,(H2,18,19)(H,20,21). The SMILES string of the molecule is COc1c(Br)cc(F)c(-c2cc(N)c(Cl)c(C(=O)O)n2)c1F. The van der Waals surface area contributed by atoms with E-state index in [0.29, 0.717) is 0 Å². The number of carboxylic acid groups (broad SMARTS) is 1. The Morgan fingerprint density at radius 2 is 2.09 bits per heavy atom. The van der Waals surface area contributed by atoms with Gasteiger partial charge in [0.25, 0.3) is 0 Å². The fourth-order valence-electron chi connectivity index (χ4n) is 1.81. The Labute approximate surface area is 136 Å². The summed E-state index contributed by atoms with van der Waals surface area (Å²) in [5.74, 6) is -3.72. The first-order valence-electron chi connectivity index (χ1n) is 5.69. The maximum Gasteiger partial charge on any atom is 0.356 e. The van der Waals surface area contributed by atoms with Crippen molar-refractivity contribution in [3.8, 4) is 17.0 Å². The van der Waals surface area contributed by atoms with Gasteiger partial charge in [-0.2, -0.15) is 0 Å². The second-order valence-electron chi connectivity index (χ2n) is 4.13. The van der Waals surface area contributed by atoms with E-state index in [-0.39, 0.29) is 26.6 Å². The predicted octanol–water partition coefficient (Wildman–Crippen LogP) is 3.73.